The van der Waals surface area contributed by atoms with Crippen LogP contribution in [0.25, 0.3) is 0 Å². The van der Waals surface area contributed by atoms with Gasteiger partial charge in [-0.25, -0.2) is 0 Å². The third-order valence-electron chi connectivity index (χ3n) is 6.53. The van der Waals surface area contributed by atoms with Crippen molar-refractivity contribution in [1.29, 1.82) is 0 Å². The van der Waals surface area contributed by atoms with Crippen LogP contribution in [0.4, 0.5) is 0 Å². The summed E-state index contributed by atoms with van der Waals surface area (Å²) < 4.78 is 11.2. The van der Waals surface area contributed by atoms with E-state index in [1.807, 2.05) is 29.2 Å². The lowest BCUT2D eigenvalue weighted by Crippen LogP contribution is -2.46. The number of hydrogen-bond donors (Lipinski definition) is 1. The first-order chi connectivity index (χ1) is 13.1. The van der Waals surface area contributed by atoms with Crippen molar-refractivity contribution in [2.45, 2.75) is 43.6 Å². The van der Waals surface area contributed by atoms with Gasteiger partial charge in [0.1, 0.15) is 5.75 Å². The van der Waals surface area contributed by atoms with E-state index in [-0.39, 0.29) is 17.9 Å². The Morgan fingerprint density at radius 3 is 2.52 bits per heavy atom. The van der Waals surface area contributed by atoms with Crippen LogP contribution < -0.4 is 4.74 Å². The summed E-state index contributed by atoms with van der Waals surface area (Å²) in [6.07, 6.45) is 3.72. The zero-order valence-electron chi connectivity index (χ0n) is 15.7. The van der Waals surface area contributed by atoms with Gasteiger partial charge in [-0.1, -0.05) is 18.2 Å². The molecular weight excluding hydrogens is 346 g/mol. The van der Waals surface area contributed by atoms with E-state index in [1.165, 1.54) is 0 Å². The number of carbonyl (C=O) groups is 2. The molecule has 2 heterocycles. The van der Waals surface area contributed by atoms with Gasteiger partial charge in [-0.2, -0.15) is 0 Å². The smallest absolute Gasteiger partial charge is 0.309 e. The first kappa shape index (κ1) is 18.3. The number of nitrogens with zero attached hydrogens (tertiary/aromatic N) is 1. The molecule has 3 fully saturated rings. The maximum Gasteiger partial charge on any atom is 0.309 e. The van der Waals surface area contributed by atoms with Crippen molar-refractivity contribution in [3.05, 3.63) is 29.8 Å². The second-order valence-corrected chi connectivity index (χ2v) is 7.98. The van der Waals surface area contributed by atoms with Gasteiger partial charge in [-0.15, -0.1) is 0 Å². The minimum atomic E-state index is -0.760. The number of hydrogen-bond acceptors (Lipinski definition) is 4. The Hall–Kier alpha value is -2.08. The van der Waals surface area contributed by atoms with Crippen molar-refractivity contribution in [2.75, 3.05) is 26.8 Å². The molecule has 1 aromatic rings. The average Bonchev–Trinajstić information content (AvgIpc) is 3.35. The van der Waals surface area contributed by atoms with Crippen molar-refractivity contribution in [3.8, 4) is 5.75 Å². The van der Waals surface area contributed by atoms with Crippen LogP contribution in [0, 0.1) is 11.8 Å². The summed E-state index contributed by atoms with van der Waals surface area (Å²) in [5, 5.41) is 9.39. The monoisotopic (exact) mass is 373 g/mol. The molecule has 1 saturated carbocycles. The van der Waals surface area contributed by atoms with Crippen LogP contribution in [0.2, 0.25) is 0 Å². The first-order valence-corrected chi connectivity index (χ1v) is 9.84. The zero-order chi connectivity index (χ0) is 19.0. The molecule has 0 aromatic heterocycles. The van der Waals surface area contributed by atoms with E-state index in [0.29, 0.717) is 26.1 Å². The molecule has 2 atom stereocenters. The van der Waals surface area contributed by atoms with E-state index in [2.05, 4.69) is 0 Å². The zero-order valence-corrected chi connectivity index (χ0v) is 15.7. The lowest BCUT2D eigenvalue weighted by molar-refractivity contribution is -0.146. The molecule has 6 heteroatoms. The standard InChI is InChI=1S/C21H27NO5/c1-26-17-5-3-2-4-16(17)21(9-10-21)20(25)22-11-6-14(7-12-22)18-15(19(23)24)8-13-27-18/h2-5,14-15,18H,6-13H2,1H3,(H,23,24)/t15?,18-/m0/s1. The van der Waals surface area contributed by atoms with Crippen molar-refractivity contribution in [1.82, 2.24) is 4.90 Å². The Kier molecular flexibility index (Phi) is 4.84. The third-order valence-corrected chi connectivity index (χ3v) is 6.53. The Morgan fingerprint density at radius 1 is 1.19 bits per heavy atom. The number of ether oxygens (including phenoxy) is 2. The fourth-order valence-electron chi connectivity index (χ4n) is 4.84. The maximum absolute atomic E-state index is 13.3. The van der Waals surface area contributed by atoms with Crippen molar-refractivity contribution in [2.24, 2.45) is 11.8 Å². The minimum absolute atomic E-state index is 0.188. The minimum Gasteiger partial charge on any atom is -0.496 e. The molecule has 6 nitrogen and oxygen atoms in total. The summed E-state index contributed by atoms with van der Waals surface area (Å²) >= 11 is 0. The van der Waals surface area contributed by atoms with E-state index >= 15 is 0 Å². The van der Waals surface area contributed by atoms with Crippen LogP contribution >= 0.6 is 0 Å². The molecule has 146 valence electrons. The number of carboxylic acid groups (broad SMARTS) is 1. The summed E-state index contributed by atoms with van der Waals surface area (Å²) in [6.45, 7) is 1.87. The number of carbonyl (C=O) groups excluding carboxylic acids is 1. The molecule has 2 aliphatic heterocycles. The fraction of sp³-hybridized carbons (Fsp3) is 0.619. The highest BCUT2D eigenvalue weighted by molar-refractivity contribution is 5.92. The summed E-state index contributed by atoms with van der Waals surface area (Å²) in [5.41, 5.74) is 0.553. The molecule has 3 aliphatic rings. The van der Waals surface area contributed by atoms with E-state index in [4.69, 9.17) is 9.47 Å². The van der Waals surface area contributed by atoms with Crippen LogP contribution in [-0.2, 0) is 19.7 Å². The van der Waals surface area contributed by atoms with Gasteiger partial charge in [0.25, 0.3) is 0 Å². The second-order valence-electron chi connectivity index (χ2n) is 7.98. The molecule has 27 heavy (non-hydrogen) atoms. The molecule has 1 aliphatic carbocycles. The largest absolute Gasteiger partial charge is 0.496 e. The van der Waals surface area contributed by atoms with Crippen LogP contribution in [-0.4, -0.2) is 54.8 Å². The molecule has 1 unspecified atom stereocenters. The predicted octanol–water partition coefficient (Wildman–Crippen LogP) is 2.46. The lowest BCUT2D eigenvalue weighted by Gasteiger charge is -2.37. The van der Waals surface area contributed by atoms with Crippen molar-refractivity contribution < 1.29 is 24.2 Å². The van der Waals surface area contributed by atoms with Crippen LogP contribution in [0.5, 0.6) is 5.75 Å². The van der Waals surface area contributed by atoms with E-state index in [9.17, 15) is 14.7 Å². The second kappa shape index (κ2) is 7.15. The number of aliphatic carboxylic acids is 1. The van der Waals surface area contributed by atoms with Gasteiger partial charge in [0.15, 0.2) is 0 Å². The number of para-hydroxylation sites is 1. The normalized spacial score (nSPS) is 27.4. The first-order valence-electron chi connectivity index (χ1n) is 9.84. The van der Waals surface area contributed by atoms with Gasteiger partial charge in [-0.05, 0) is 44.1 Å². The fourth-order valence-corrected chi connectivity index (χ4v) is 4.84. The molecule has 0 spiro atoms. The Morgan fingerprint density at radius 2 is 1.89 bits per heavy atom. The summed E-state index contributed by atoms with van der Waals surface area (Å²) in [5.74, 6) is 0.0262. The molecule has 1 amide bonds. The van der Waals surface area contributed by atoms with Crippen molar-refractivity contribution in [3.63, 3.8) is 0 Å². The highest BCUT2D eigenvalue weighted by Gasteiger charge is 2.55. The van der Waals surface area contributed by atoms with Gasteiger partial charge in [0.2, 0.25) is 5.91 Å². The van der Waals surface area contributed by atoms with E-state index in [0.717, 1.165) is 37.0 Å². The maximum atomic E-state index is 13.3. The van der Waals surface area contributed by atoms with Gasteiger partial charge >= 0.3 is 5.97 Å². The van der Waals surface area contributed by atoms with E-state index in [1.54, 1.807) is 7.11 Å². The van der Waals surface area contributed by atoms with Gasteiger partial charge < -0.3 is 19.5 Å². The Bertz CT molecular complexity index is 721. The predicted molar refractivity (Wildman–Crippen MR) is 98.7 cm³/mol. The quantitative estimate of drug-likeness (QED) is 0.858. The van der Waals surface area contributed by atoms with Crippen LogP contribution in [0.1, 0.15) is 37.7 Å². The summed E-state index contributed by atoms with van der Waals surface area (Å²) in [4.78, 5) is 26.7. The number of likely N-dealkylation sites (tertiary alicyclic amines) is 1. The number of benzene rings is 1. The number of methoxy groups -OCH3 is 1. The van der Waals surface area contributed by atoms with Gasteiger partial charge in [0, 0.05) is 25.3 Å². The van der Waals surface area contributed by atoms with Crippen LogP contribution in [0.15, 0.2) is 24.3 Å². The molecule has 1 N–H and O–H groups in total. The summed E-state index contributed by atoms with van der Waals surface area (Å²) in [7, 11) is 1.64. The molecule has 1 aromatic carbocycles. The molecule has 4 rings (SSSR count). The Labute approximate surface area is 159 Å². The van der Waals surface area contributed by atoms with E-state index < -0.39 is 17.3 Å². The number of rotatable bonds is 5. The molecule has 0 bridgehead atoms. The number of carboxylic acids is 1. The highest BCUT2D eigenvalue weighted by atomic mass is 16.5. The van der Waals surface area contributed by atoms with Crippen molar-refractivity contribution >= 4 is 11.9 Å². The molecular formula is C21H27NO5. The van der Waals surface area contributed by atoms with Gasteiger partial charge in [-0.3, -0.25) is 9.59 Å². The summed E-state index contributed by atoms with van der Waals surface area (Å²) in [6, 6.07) is 7.80. The molecule has 2 saturated heterocycles. The van der Waals surface area contributed by atoms with Crippen LogP contribution in [0.3, 0.4) is 0 Å². The van der Waals surface area contributed by atoms with Gasteiger partial charge in [0.05, 0.1) is 24.5 Å². The average molecular weight is 373 g/mol. The topological polar surface area (TPSA) is 76.1 Å². The molecule has 0 radical (unpaired) electrons. The number of amides is 1. The SMILES string of the molecule is COc1ccccc1C1(C(=O)N2CCC([C@@H]3OCCC3C(=O)O)CC2)CC1. The Balaban J connectivity index is 1.43. The third kappa shape index (κ3) is 3.20. The lowest BCUT2D eigenvalue weighted by atomic mass is 9.83. The highest BCUT2D eigenvalue weighted by Crippen LogP contribution is 2.53. The number of piperidine rings is 1.